The molecule has 1 atom stereocenters. The van der Waals surface area contributed by atoms with E-state index in [0.717, 1.165) is 6.07 Å². The number of hydrogen-bond donors (Lipinski definition) is 2. The average Bonchev–Trinajstić information content (AvgIpc) is 2.42. The van der Waals surface area contributed by atoms with Crippen molar-refractivity contribution in [3.8, 4) is 0 Å². The minimum Gasteiger partial charge on any atom is -0.481 e. The molecule has 21 heavy (non-hydrogen) atoms. The summed E-state index contributed by atoms with van der Waals surface area (Å²) in [5.74, 6) is -3.45. The molecule has 0 unspecified atom stereocenters. The molecule has 5 nitrogen and oxygen atoms in total. The monoisotopic (exact) mass is 318 g/mol. The maximum Gasteiger partial charge on any atom is 0.321 e. The maximum atomic E-state index is 13.6. The first-order valence-electron chi connectivity index (χ1n) is 6.31. The highest BCUT2D eigenvalue weighted by atomic mass is 35.5. The Balaban J connectivity index is 2.10. The van der Waals surface area contributed by atoms with E-state index < -0.39 is 29.6 Å². The van der Waals surface area contributed by atoms with Crippen molar-refractivity contribution in [2.75, 3.05) is 18.4 Å². The molecule has 1 heterocycles. The predicted octanol–water partition coefficient (Wildman–Crippen LogP) is 2.95. The zero-order valence-corrected chi connectivity index (χ0v) is 11.7. The molecule has 0 radical (unpaired) electrons. The number of carboxylic acids is 1. The molecule has 2 rings (SSSR count). The summed E-state index contributed by atoms with van der Waals surface area (Å²) < 4.78 is 26.5. The van der Waals surface area contributed by atoms with Gasteiger partial charge >= 0.3 is 12.0 Å². The SMILES string of the molecule is O=C(O)[C@H]1CCCN(C(=O)Nc2c(F)cc(F)cc2Cl)C1. The van der Waals surface area contributed by atoms with Gasteiger partial charge in [0.1, 0.15) is 5.82 Å². The molecular formula is C13H13ClF2N2O3. The lowest BCUT2D eigenvalue weighted by Gasteiger charge is -2.30. The number of piperidine rings is 1. The van der Waals surface area contributed by atoms with Crippen LogP contribution in [0.15, 0.2) is 12.1 Å². The van der Waals surface area contributed by atoms with Gasteiger partial charge in [-0.05, 0) is 18.9 Å². The Morgan fingerprint density at radius 1 is 1.38 bits per heavy atom. The number of likely N-dealkylation sites (tertiary alicyclic amines) is 1. The second-order valence-electron chi connectivity index (χ2n) is 4.80. The molecule has 1 aliphatic rings. The molecule has 1 aromatic carbocycles. The molecule has 1 saturated heterocycles. The number of carbonyl (C=O) groups excluding carboxylic acids is 1. The van der Waals surface area contributed by atoms with E-state index in [4.69, 9.17) is 16.7 Å². The van der Waals surface area contributed by atoms with Crippen LogP contribution in [0, 0.1) is 17.6 Å². The highest BCUT2D eigenvalue weighted by Gasteiger charge is 2.28. The number of anilines is 1. The molecule has 0 aliphatic carbocycles. The Kier molecular flexibility index (Phi) is 4.62. The van der Waals surface area contributed by atoms with Crippen LogP contribution in [0.4, 0.5) is 19.3 Å². The van der Waals surface area contributed by atoms with E-state index in [9.17, 15) is 18.4 Å². The van der Waals surface area contributed by atoms with Crippen molar-refractivity contribution < 1.29 is 23.5 Å². The van der Waals surface area contributed by atoms with Gasteiger partial charge in [0.2, 0.25) is 0 Å². The minimum absolute atomic E-state index is 0.0433. The molecule has 1 fully saturated rings. The Labute approximate surface area is 124 Å². The van der Waals surface area contributed by atoms with Crippen molar-refractivity contribution in [1.82, 2.24) is 4.90 Å². The van der Waals surface area contributed by atoms with Gasteiger partial charge in [-0.15, -0.1) is 0 Å². The summed E-state index contributed by atoms with van der Waals surface area (Å²) in [5, 5.41) is 11.0. The van der Waals surface area contributed by atoms with Crippen molar-refractivity contribution >= 4 is 29.3 Å². The first-order valence-corrected chi connectivity index (χ1v) is 6.69. The van der Waals surface area contributed by atoms with Gasteiger partial charge in [0.25, 0.3) is 0 Å². The van der Waals surface area contributed by atoms with Crippen LogP contribution in [0.1, 0.15) is 12.8 Å². The highest BCUT2D eigenvalue weighted by molar-refractivity contribution is 6.33. The third-order valence-corrected chi connectivity index (χ3v) is 3.59. The van der Waals surface area contributed by atoms with Crippen molar-refractivity contribution in [1.29, 1.82) is 0 Å². The third-order valence-electron chi connectivity index (χ3n) is 3.30. The van der Waals surface area contributed by atoms with Crippen LogP contribution in [-0.2, 0) is 4.79 Å². The lowest BCUT2D eigenvalue weighted by Crippen LogP contribution is -2.44. The number of amides is 2. The van der Waals surface area contributed by atoms with E-state index in [-0.39, 0.29) is 17.3 Å². The molecule has 0 aromatic heterocycles. The van der Waals surface area contributed by atoms with Crippen LogP contribution >= 0.6 is 11.6 Å². The van der Waals surface area contributed by atoms with Crippen LogP contribution < -0.4 is 5.32 Å². The second kappa shape index (κ2) is 6.26. The number of nitrogens with zero attached hydrogens (tertiary/aromatic N) is 1. The largest absolute Gasteiger partial charge is 0.481 e. The third kappa shape index (κ3) is 3.60. The molecular weight excluding hydrogens is 306 g/mol. The lowest BCUT2D eigenvalue weighted by atomic mass is 9.99. The molecule has 114 valence electrons. The Bertz CT molecular complexity index is 560. The number of carbonyl (C=O) groups is 2. The Morgan fingerprint density at radius 3 is 2.71 bits per heavy atom. The van der Waals surface area contributed by atoms with E-state index in [1.54, 1.807) is 0 Å². The van der Waals surface area contributed by atoms with Crippen LogP contribution in [0.3, 0.4) is 0 Å². The molecule has 1 aliphatic heterocycles. The van der Waals surface area contributed by atoms with Crippen LogP contribution in [-0.4, -0.2) is 35.1 Å². The van der Waals surface area contributed by atoms with Crippen molar-refractivity contribution in [2.45, 2.75) is 12.8 Å². The molecule has 0 spiro atoms. The van der Waals surface area contributed by atoms with Crippen molar-refractivity contribution in [3.05, 3.63) is 28.8 Å². The molecule has 1 aromatic rings. The van der Waals surface area contributed by atoms with E-state index in [2.05, 4.69) is 5.32 Å². The fourth-order valence-electron chi connectivity index (χ4n) is 2.21. The number of aliphatic carboxylic acids is 1. The number of rotatable bonds is 2. The molecule has 2 N–H and O–H groups in total. The van der Waals surface area contributed by atoms with Gasteiger partial charge in [-0.2, -0.15) is 0 Å². The summed E-state index contributed by atoms with van der Waals surface area (Å²) in [7, 11) is 0. The number of halogens is 3. The zero-order valence-electron chi connectivity index (χ0n) is 10.9. The first-order chi connectivity index (χ1) is 9.88. The van der Waals surface area contributed by atoms with E-state index in [1.807, 2.05) is 0 Å². The van der Waals surface area contributed by atoms with Crippen LogP contribution in [0.2, 0.25) is 5.02 Å². The van der Waals surface area contributed by atoms with Gasteiger partial charge in [-0.1, -0.05) is 11.6 Å². The van der Waals surface area contributed by atoms with Gasteiger partial charge in [-0.3, -0.25) is 4.79 Å². The molecule has 2 amide bonds. The zero-order chi connectivity index (χ0) is 15.6. The van der Waals surface area contributed by atoms with Gasteiger partial charge in [0.05, 0.1) is 16.6 Å². The van der Waals surface area contributed by atoms with Crippen LogP contribution in [0.25, 0.3) is 0 Å². The Morgan fingerprint density at radius 2 is 2.10 bits per heavy atom. The summed E-state index contributed by atoms with van der Waals surface area (Å²) in [5.41, 5.74) is -0.319. The summed E-state index contributed by atoms with van der Waals surface area (Å²) in [6.45, 7) is 0.414. The lowest BCUT2D eigenvalue weighted by molar-refractivity contribution is -0.143. The normalized spacial score (nSPS) is 18.4. The van der Waals surface area contributed by atoms with E-state index in [1.165, 1.54) is 4.90 Å². The summed E-state index contributed by atoms with van der Waals surface area (Å²) in [6.07, 6.45) is 1.04. The second-order valence-corrected chi connectivity index (χ2v) is 5.21. The number of carboxylic acid groups (broad SMARTS) is 1. The summed E-state index contributed by atoms with van der Waals surface area (Å²) in [4.78, 5) is 24.3. The number of urea groups is 1. The van der Waals surface area contributed by atoms with E-state index >= 15 is 0 Å². The topological polar surface area (TPSA) is 69.6 Å². The summed E-state index contributed by atoms with van der Waals surface area (Å²) in [6, 6.07) is 0.835. The average molecular weight is 319 g/mol. The van der Waals surface area contributed by atoms with Crippen molar-refractivity contribution in [2.24, 2.45) is 5.92 Å². The maximum absolute atomic E-state index is 13.6. The van der Waals surface area contributed by atoms with Gasteiger partial charge in [0, 0.05) is 19.2 Å². The quantitative estimate of drug-likeness (QED) is 0.881. The minimum atomic E-state index is -0.986. The number of hydrogen-bond acceptors (Lipinski definition) is 2. The smallest absolute Gasteiger partial charge is 0.321 e. The Hall–Kier alpha value is -1.89. The van der Waals surface area contributed by atoms with Gasteiger partial charge in [0.15, 0.2) is 5.82 Å². The van der Waals surface area contributed by atoms with Gasteiger partial charge in [-0.25, -0.2) is 13.6 Å². The summed E-state index contributed by atoms with van der Waals surface area (Å²) >= 11 is 5.69. The highest BCUT2D eigenvalue weighted by Crippen LogP contribution is 2.27. The van der Waals surface area contributed by atoms with Gasteiger partial charge < -0.3 is 15.3 Å². The van der Waals surface area contributed by atoms with Crippen molar-refractivity contribution in [3.63, 3.8) is 0 Å². The number of benzene rings is 1. The number of nitrogens with one attached hydrogen (secondary N) is 1. The molecule has 0 saturated carbocycles. The predicted molar refractivity (Wildman–Crippen MR) is 72.3 cm³/mol. The fourth-order valence-corrected chi connectivity index (χ4v) is 2.45. The molecule has 0 bridgehead atoms. The standard InChI is InChI=1S/C13H13ClF2N2O3/c14-9-4-8(15)5-10(16)11(9)17-13(21)18-3-1-2-7(6-18)12(19)20/h4-5,7H,1-3,6H2,(H,17,21)(H,19,20)/t7-/m0/s1. The fraction of sp³-hybridized carbons (Fsp3) is 0.385. The molecule has 8 heteroatoms. The first kappa shape index (κ1) is 15.5. The van der Waals surface area contributed by atoms with Crippen LogP contribution in [0.5, 0.6) is 0 Å². The van der Waals surface area contributed by atoms with E-state index in [0.29, 0.717) is 25.5 Å².